The third kappa shape index (κ3) is 4.23. The van der Waals surface area contributed by atoms with Gasteiger partial charge in [0.05, 0.1) is 19.3 Å². The molecule has 3 N–H and O–H groups in total. The van der Waals surface area contributed by atoms with Gasteiger partial charge in [0.25, 0.3) is 0 Å². The third-order valence-corrected chi connectivity index (χ3v) is 4.44. The van der Waals surface area contributed by atoms with Crippen LogP contribution in [0.3, 0.4) is 0 Å². The Bertz CT molecular complexity index is 609. The summed E-state index contributed by atoms with van der Waals surface area (Å²) in [5, 5.41) is 4.87. The standard InChI is InChI=1S/C14H19N3O5S.ClH/c1-21-7-9(15)11(18)16-10-3-5-17(12(10)19)13-8(4-6-23-13)14(20)22-2;/h4,6,9-10H,3,5,7,15H2,1-2H3,(H,16,18);1H. The minimum Gasteiger partial charge on any atom is -0.465 e. The van der Waals surface area contributed by atoms with Gasteiger partial charge in [-0.2, -0.15) is 0 Å². The van der Waals surface area contributed by atoms with E-state index in [1.54, 1.807) is 11.4 Å². The van der Waals surface area contributed by atoms with Crippen LogP contribution in [0.1, 0.15) is 16.8 Å². The molecule has 0 aliphatic carbocycles. The molecular formula is C14H20ClN3O5S. The van der Waals surface area contributed by atoms with Crippen molar-refractivity contribution in [2.24, 2.45) is 5.73 Å². The number of esters is 1. The van der Waals surface area contributed by atoms with Gasteiger partial charge in [0.15, 0.2) is 0 Å². The SMILES string of the molecule is COCC(N)C(=O)NC1CCN(c2sccc2C(=O)OC)C1=O.Cl. The molecule has 1 aromatic heterocycles. The van der Waals surface area contributed by atoms with E-state index in [9.17, 15) is 14.4 Å². The molecule has 1 aromatic rings. The molecule has 1 fully saturated rings. The molecule has 2 heterocycles. The first-order valence-corrected chi connectivity index (χ1v) is 7.89. The van der Waals surface area contributed by atoms with Crippen LogP contribution in [0.5, 0.6) is 0 Å². The quantitative estimate of drug-likeness (QED) is 0.683. The van der Waals surface area contributed by atoms with Crippen LogP contribution in [-0.4, -0.2) is 57.2 Å². The predicted octanol–water partition coefficient (Wildman–Crippen LogP) is 0.152. The summed E-state index contributed by atoms with van der Waals surface area (Å²) in [7, 11) is 2.73. The number of anilines is 1. The number of halogens is 1. The lowest BCUT2D eigenvalue weighted by Gasteiger charge is -2.18. The van der Waals surface area contributed by atoms with Gasteiger partial charge in [0.1, 0.15) is 17.1 Å². The van der Waals surface area contributed by atoms with Crippen LogP contribution in [0.2, 0.25) is 0 Å². The summed E-state index contributed by atoms with van der Waals surface area (Å²) in [5.41, 5.74) is 5.98. The molecular weight excluding hydrogens is 358 g/mol. The molecule has 1 saturated heterocycles. The summed E-state index contributed by atoms with van der Waals surface area (Å²) in [6, 6.07) is 0.131. The second-order valence-corrected chi connectivity index (χ2v) is 5.93. The Hall–Kier alpha value is -1.68. The van der Waals surface area contributed by atoms with Gasteiger partial charge in [0.2, 0.25) is 11.8 Å². The maximum atomic E-state index is 12.5. The molecule has 1 aliphatic heterocycles. The van der Waals surface area contributed by atoms with Gasteiger partial charge in [0, 0.05) is 13.7 Å². The maximum Gasteiger partial charge on any atom is 0.340 e. The highest BCUT2D eigenvalue weighted by atomic mass is 35.5. The number of hydrogen-bond acceptors (Lipinski definition) is 7. The number of ether oxygens (including phenoxy) is 2. The van der Waals surface area contributed by atoms with E-state index in [-0.39, 0.29) is 24.9 Å². The van der Waals surface area contributed by atoms with E-state index in [1.165, 1.54) is 30.5 Å². The van der Waals surface area contributed by atoms with Crippen LogP contribution in [0.25, 0.3) is 0 Å². The summed E-state index contributed by atoms with van der Waals surface area (Å²) in [5.74, 6) is -1.20. The second-order valence-electron chi connectivity index (χ2n) is 5.03. The van der Waals surface area contributed by atoms with Crippen molar-refractivity contribution < 1.29 is 23.9 Å². The van der Waals surface area contributed by atoms with Crippen LogP contribution in [0.15, 0.2) is 11.4 Å². The second kappa shape index (κ2) is 8.97. The Morgan fingerprint density at radius 2 is 2.21 bits per heavy atom. The average Bonchev–Trinajstić information content (AvgIpc) is 3.14. The lowest BCUT2D eigenvalue weighted by molar-refractivity contribution is -0.128. The number of nitrogens with zero attached hydrogens (tertiary/aromatic N) is 1. The van der Waals surface area contributed by atoms with Crippen molar-refractivity contribution in [3.63, 3.8) is 0 Å². The third-order valence-electron chi connectivity index (χ3n) is 3.50. The molecule has 8 nitrogen and oxygen atoms in total. The van der Waals surface area contributed by atoms with Gasteiger partial charge < -0.3 is 25.4 Å². The first-order chi connectivity index (χ1) is 11.0. The van der Waals surface area contributed by atoms with Gasteiger partial charge in [-0.1, -0.05) is 0 Å². The summed E-state index contributed by atoms with van der Waals surface area (Å²) < 4.78 is 9.53. The van der Waals surface area contributed by atoms with Crippen molar-refractivity contribution in [2.75, 3.05) is 32.3 Å². The van der Waals surface area contributed by atoms with E-state index in [4.69, 9.17) is 15.2 Å². The minimum atomic E-state index is -0.825. The van der Waals surface area contributed by atoms with Crippen molar-refractivity contribution in [2.45, 2.75) is 18.5 Å². The number of amides is 2. The van der Waals surface area contributed by atoms with Crippen molar-refractivity contribution in [1.82, 2.24) is 5.32 Å². The molecule has 2 rings (SSSR count). The first kappa shape index (κ1) is 20.4. The van der Waals surface area contributed by atoms with Crippen LogP contribution in [0, 0.1) is 0 Å². The molecule has 2 unspecified atom stereocenters. The van der Waals surface area contributed by atoms with E-state index in [0.29, 0.717) is 23.5 Å². The fourth-order valence-corrected chi connectivity index (χ4v) is 3.24. The van der Waals surface area contributed by atoms with E-state index < -0.39 is 24.0 Å². The monoisotopic (exact) mass is 377 g/mol. The Morgan fingerprint density at radius 1 is 1.50 bits per heavy atom. The summed E-state index contributed by atoms with van der Waals surface area (Å²) >= 11 is 1.28. The molecule has 0 spiro atoms. The number of methoxy groups -OCH3 is 2. The maximum absolute atomic E-state index is 12.5. The van der Waals surface area contributed by atoms with Crippen LogP contribution in [0.4, 0.5) is 5.00 Å². The van der Waals surface area contributed by atoms with Crippen molar-refractivity contribution in [3.8, 4) is 0 Å². The highest BCUT2D eigenvalue weighted by Crippen LogP contribution is 2.31. The molecule has 1 aliphatic rings. The van der Waals surface area contributed by atoms with Gasteiger partial charge >= 0.3 is 5.97 Å². The number of carbonyl (C=O) groups is 3. The van der Waals surface area contributed by atoms with E-state index in [2.05, 4.69) is 5.32 Å². The zero-order chi connectivity index (χ0) is 17.0. The molecule has 2 atom stereocenters. The highest BCUT2D eigenvalue weighted by molar-refractivity contribution is 7.14. The largest absolute Gasteiger partial charge is 0.465 e. The summed E-state index contributed by atoms with van der Waals surface area (Å²) in [6.45, 7) is 0.488. The van der Waals surface area contributed by atoms with E-state index in [1.807, 2.05) is 0 Å². The zero-order valence-corrected chi connectivity index (χ0v) is 14.9. The summed E-state index contributed by atoms with van der Waals surface area (Å²) in [4.78, 5) is 37.6. The van der Waals surface area contributed by atoms with Crippen molar-refractivity contribution >= 4 is 46.5 Å². The lowest BCUT2D eigenvalue weighted by Crippen LogP contribution is -2.50. The molecule has 10 heteroatoms. The van der Waals surface area contributed by atoms with Gasteiger partial charge in [-0.05, 0) is 17.9 Å². The van der Waals surface area contributed by atoms with Crippen molar-refractivity contribution in [3.05, 3.63) is 17.0 Å². The number of thiophene rings is 1. The number of carbonyl (C=O) groups excluding carboxylic acids is 3. The smallest absolute Gasteiger partial charge is 0.340 e. The Morgan fingerprint density at radius 3 is 2.83 bits per heavy atom. The first-order valence-electron chi connectivity index (χ1n) is 7.01. The topological polar surface area (TPSA) is 111 Å². The zero-order valence-electron chi connectivity index (χ0n) is 13.3. The number of nitrogens with two attached hydrogens (primary N) is 1. The lowest BCUT2D eigenvalue weighted by atomic mass is 10.2. The summed E-state index contributed by atoms with van der Waals surface area (Å²) in [6.07, 6.45) is 0.447. The normalized spacial score (nSPS) is 18.0. The molecule has 134 valence electrons. The molecule has 24 heavy (non-hydrogen) atoms. The predicted molar refractivity (Wildman–Crippen MR) is 91.7 cm³/mol. The fraction of sp³-hybridized carbons (Fsp3) is 0.500. The van der Waals surface area contributed by atoms with E-state index >= 15 is 0 Å². The molecule has 2 amide bonds. The van der Waals surface area contributed by atoms with Gasteiger partial charge in [-0.15, -0.1) is 23.7 Å². The van der Waals surface area contributed by atoms with Crippen LogP contribution < -0.4 is 16.0 Å². The van der Waals surface area contributed by atoms with Gasteiger partial charge in [-0.25, -0.2) is 4.79 Å². The van der Waals surface area contributed by atoms with Crippen LogP contribution >= 0.6 is 23.7 Å². The Labute approximate surface area is 149 Å². The number of nitrogens with one attached hydrogen (secondary N) is 1. The molecule has 0 saturated carbocycles. The number of rotatable bonds is 6. The minimum absolute atomic E-state index is 0. The van der Waals surface area contributed by atoms with Crippen molar-refractivity contribution in [1.29, 1.82) is 0 Å². The Kier molecular flexibility index (Phi) is 7.61. The average molecular weight is 378 g/mol. The van der Waals surface area contributed by atoms with Gasteiger partial charge in [-0.3, -0.25) is 9.59 Å². The van der Waals surface area contributed by atoms with E-state index in [0.717, 1.165) is 0 Å². The highest BCUT2D eigenvalue weighted by Gasteiger charge is 2.36. The number of hydrogen-bond donors (Lipinski definition) is 2. The molecule has 0 aromatic carbocycles. The van der Waals surface area contributed by atoms with Crippen LogP contribution in [-0.2, 0) is 19.1 Å². The fourth-order valence-electron chi connectivity index (χ4n) is 2.33. The Balaban J connectivity index is 0.00000288. The molecule has 0 bridgehead atoms. The molecule has 0 radical (unpaired) electrons.